The SMILES string of the molecule is CC/C=C/C/C=C/C/C=C/CCCCCCC(=O)OC1C(OCC(NC(=O)C(O)CCCCCCCCCCCCCCCCCC)C(O)/C=C/CCCCCCCCCCC)OC(CO)C(O)C1O. The molecule has 408 valence electrons. The number of esters is 1. The lowest BCUT2D eigenvalue weighted by molar-refractivity contribution is -0.305. The molecule has 11 heteroatoms. The number of carbonyl (C=O) groups excluding carboxylic acids is 2. The Morgan fingerprint density at radius 1 is 0.571 bits per heavy atom. The summed E-state index contributed by atoms with van der Waals surface area (Å²) in [6, 6.07) is -1.02. The fraction of sp³-hybridized carbons (Fsp3) is 0.831. The molecule has 0 aliphatic carbocycles. The number of aliphatic hydroxyl groups is 5. The lowest BCUT2D eigenvalue weighted by Crippen LogP contribution is -2.61. The van der Waals surface area contributed by atoms with Crippen molar-refractivity contribution >= 4 is 11.9 Å². The van der Waals surface area contributed by atoms with E-state index < -0.39 is 67.4 Å². The zero-order valence-electron chi connectivity index (χ0n) is 44.9. The number of amides is 1. The Kier molecular flexibility index (Phi) is 44.6. The molecule has 1 fully saturated rings. The molecule has 1 rings (SSSR count). The van der Waals surface area contributed by atoms with Gasteiger partial charge >= 0.3 is 5.97 Å². The fourth-order valence-electron chi connectivity index (χ4n) is 8.90. The first-order valence-electron chi connectivity index (χ1n) is 28.9. The number of hydrogen-bond donors (Lipinski definition) is 6. The van der Waals surface area contributed by atoms with Crippen LogP contribution >= 0.6 is 0 Å². The monoisotopic (exact) mass is 990 g/mol. The number of allylic oxidation sites excluding steroid dienone is 7. The van der Waals surface area contributed by atoms with E-state index in [-0.39, 0.29) is 13.0 Å². The van der Waals surface area contributed by atoms with Crippen molar-refractivity contribution in [3.63, 3.8) is 0 Å². The highest BCUT2D eigenvalue weighted by molar-refractivity contribution is 5.80. The molecule has 0 aromatic carbocycles. The van der Waals surface area contributed by atoms with Crippen LogP contribution in [-0.2, 0) is 23.8 Å². The van der Waals surface area contributed by atoms with Gasteiger partial charge in [-0.05, 0) is 57.8 Å². The molecule has 11 nitrogen and oxygen atoms in total. The summed E-state index contributed by atoms with van der Waals surface area (Å²) in [4.78, 5) is 26.4. The van der Waals surface area contributed by atoms with Crippen LogP contribution in [0.2, 0.25) is 0 Å². The maximum atomic E-state index is 13.4. The van der Waals surface area contributed by atoms with Gasteiger partial charge in [0.2, 0.25) is 5.91 Å². The molecular weight excluding hydrogens is 883 g/mol. The molecule has 1 aliphatic rings. The van der Waals surface area contributed by atoms with Crippen LogP contribution in [0.5, 0.6) is 0 Å². The molecule has 1 aliphatic heterocycles. The van der Waals surface area contributed by atoms with Gasteiger partial charge in [-0.1, -0.05) is 236 Å². The molecule has 1 heterocycles. The third-order valence-corrected chi connectivity index (χ3v) is 13.5. The summed E-state index contributed by atoms with van der Waals surface area (Å²) in [5.74, 6) is -1.21. The van der Waals surface area contributed by atoms with Crippen molar-refractivity contribution in [3.05, 3.63) is 48.6 Å². The summed E-state index contributed by atoms with van der Waals surface area (Å²) in [5.41, 5.74) is 0. The number of nitrogens with one attached hydrogen (secondary N) is 1. The van der Waals surface area contributed by atoms with Crippen molar-refractivity contribution in [1.82, 2.24) is 5.32 Å². The Bertz CT molecular complexity index is 1320. The lowest BCUT2D eigenvalue weighted by atomic mass is 9.99. The summed E-state index contributed by atoms with van der Waals surface area (Å²) in [6.07, 6.45) is 45.9. The summed E-state index contributed by atoms with van der Waals surface area (Å²) in [6.45, 7) is 5.65. The first-order valence-corrected chi connectivity index (χ1v) is 28.9. The van der Waals surface area contributed by atoms with E-state index >= 15 is 0 Å². The van der Waals surface area contributed by atoms with Crippen molar-refractivity contribution in [2.24, 2.45) is 0 Å². The number of unbranched alkanes of at least 4 members (excludes halogenated alkanes) is 28. The molecule has 1 amide bonds. The standard InChI is InChI=1S/C59H107NO10/c1-4-7-10-13-16-19-22-24-26-27-28-31-34-37-40-43-46-52(63)58(67)60-50(51(62)45-42-39-36-33-30-21-18-15-12-9-6-3)49-68-59-57(56(66)55(65)53(48-61)69-59)70-54(64)47-44-41-38-35-32-29-25-23-20-17-14-11-8-5-2/h8,11,17,20,25,29,42,45,50-53,55-57,59,61-63,65-66H,4-7,9-10,12-16,18-19,21-24,26-28,30-41,43-44,46-49H2,1-3H3,(H,60,67)/b11-8+,20-17+,29-25+,45-42+. The lowest BCUT2D eigenvalue weighted by Gasteiger charge is -2.41. The van der Waals surface area contributed by atoms with Gasteiger partial charge < -0.3 is 45.1 Å². The van der Waals surface area contributed by atoms with Gasteiger partial charge in [0.25, 0.3) is 0 Å². The topological polar surface area (TPSA) is 175 Å². The third-order valence-electron chi connectivity index (χ3n) is 13.5. The van der Waals surface area contributed by atoms with E-state index in [1.807, 2.05) is 6.08 Å². The molecule has 0 saturated carbocycles. The van der Waals surface area contributed by atoms with Crippen LogP contribution in [-0.4, -0.2) is 99.6 Å². The number of rotatable bonds is 48. The van der Waals surface area contributed by atoms with Crippen LogP contribution in [0.25, 0.3) is 0 Å². The van der Waals surface area contributed by atoms with Crippen molar-refractivity contribution in [2.45, 2.75) is 301 Å². The molecule has 0 radical (unpaired) electrons. The van der Waals surface area contributed by atoms with E-state index in [4.69, 9.17) is 14.2 Å². The second-order valence-corrected chi connectivity index (χ2v) is 20.0. The van der Waals surface area contributed by atoms with Crippen LogP contribution in [0.15, 0.2) is 48.6 Å². The Hall–Kier alpha value is -2.38. The Labute approximate surface area is 427 Å². The zero-order valence-corrected chi connectivity index (χ0v) is 44.9. The minimum absolute atomic E-state index is 0.0982. The van der Waals surface area contributed by atoms with E-state index in [0.29, 0.717) is 19.3 Å². The molecule has 0 aromatic rings. The number of hydrogen-bond acceptors (Lipinski definition) is 10. The molecule has 1 saturated heterocycles. The Balaban J connectivity index is 2.72. The number of ether oxygens (including phenoxy) is 3. The average Bonchev–Trinajstić information content (AvgIpc) is 3.36. The summed E-state index contributed by atoms with van der Waals surface area (Å²) in [5, 5.41) is 56.8. The molecule has 6 N–H and O–H groups in total. The second-order valence-electron chi connectivity index (χ2n) is 20.0. The highest BCUT2D eigenvalue weighted by atomic mass is 16.7. The summed E-state index contributed by atoms with van der Waals surface area (Å²) >= 11 is 0. The van der Waals surface area contributed by atoms with Crippen molar-refractivity contribution in [3.8, 4) is 0 Å². The highest BCUT2D eigenvalue weighted by Crippen LogP contribution is 2.26. The van der Waals surface area contributed by atoms with Crippen LogP contribution < -0.4 is 5.32 Å². The molecule has 70 heavy (non-hydrogen) atoms. The van der Waals surface area contributed by atoms with E-state index in [1.165, 1.54) is 122 Å². The zero-order chi connectivity index (χ0) is 51.1. The van der Waals surface area contributed by atoms with Gasteiger partial charge in [0.1, 0.15) is 24.4 Å². The second kappa shape index (κ2) is 47.6. The fourth-order valence-corrected chi connectivity index (χ4v) is 8.90. The van der Waals surface area contributed by atoms with Crippen LogP contribution in [0.1, 0.15) is 252 Å². The molecule has 0 bridgehead atoms. The van der Waals surface area contributed by atoms with E-state index in [0.717, 1.165) is 83.5 Å². The smallest absolute Gasteiger partial charge is 0.306 e. The molecular formula is C59H107NO10. The van der Waals surface area contributed by atoms with Gasteiger partial charge in [-0.15, -0.1) is 0 Å². The molecule has 0 aromatic heterocycles. The summed E-state index contributed by atoms with van der Waals surface area (Å²) in [7, 11) is 0. The van der Waals surface area contributed by atoms with E-state index in [1.54, 1.807) is 6.08 Å². The maximum Gasteiger partial charge on any atom is 0.306 e. The highest BCUT2D eigenvalue weighted by Gasteiger charge is 2.47. The number of carbonyl (C=O) groups is 2. The van der Waals surface area contributed by atoms with Crippen molar-refractivity contribution in [2.75, 3.05) is 13.2 Å². The van der Waals surface area contributed by atoms with E-state index in [2.05, 4.69) is 62.5 Å². The van der Waals surface area contributed by atoms with Crippen molar-refractivity contribution < 1.29 is 49.3 Å². The minimum Gasteiger partial charge on any atom is -0.454 e. The van der Waals surface area contributed by atoms with Gasteiger partial charge in [-0.3, -0.25) is 9.59 Å². The average molecular weight is 991 g/mol. The normalized spacial score (nSPS) is 20.0. The molecule has 0 spiro atoms. The molecule has 8 atom stereocenters. The first kappa shape index (κ1) is 65.6. The maximum absolute atomic E-state index is 13.4. The van der Waals surface area contributed by atoms with Crippen LogP contribution in [0, 0.1) is 0 Å². The molecule has 8 unspecified atom stereocenters. The van der Waals surface area contributed by atoms with E-state index in [9.17, 15) is 35.1 Å². The van der Waals surface area contributed by atoms with Crippen LogP contribution in [0.3, 0.4) is 0 Å². The third kappa shape index (κ3) is 35.7. The predicted octanol–water partition coefficient (Wildman–Crippen LogP) is 12.9. The van der Waals surface area contributed by atoms with Gasteiger partial charge in [0.15, 0.2) is 12.4 Å². The Morgan fingerprint density at radius 2 is 1.03 bits per heavy atom. The van der Waals surface area contributed by atoms with Crippen molar-refractivity contribution in [1.29, 1.82) is 0 Å². The van der Waals surface area contributed by atoms with Gasteiger partial charge in [-0.25, -0.2) is 0 Å². The van der Waals surface area contributed by atoms with Crippen LogP contribution in [0.4, 0.5) is 0 Å². The van der Waals surface area contributed by atoms with Gasteiger partial charge in [-0.2, -0.15) is 0 Å². The largest absolute Gasteiger partial charge is 0.454 e. The quantitative estimate of drug-likeness (QED) is 0.0196. The number of aliphatic hydroxyl groups excluding tert-OH is 5. The minimum atomic E-state index is -1.62. The predicted molar refractivity (Wildman–Crippen MR) is 287 cm³/mol. The Morgan fingerprint density at radius 3 is 1.54 bits per heavy atom. The summed E-state index contributed by atoms with van der Waals surface area (Å²) < 4.78 is 17.5. The first-order chi connectivity index (χ1) is 34.2. The van der Waals surface area contributed by atoms with Gasteiger partial charge in [0, 0.05) is 6.42 Å². The van der Waals surface area contributed by atoms with Gasteiger partial charge in [0.05, 0.1) is 25.4 Å².